The molecule has 0 aromatic carbocycles. The summed E-state index contributed by atoms with van der Waals surface area (Å²) in [7, 11) is 0. The molecule has 3 nitrogen and oxygen atoms in total. The van der Waals surface area contributed by atoms with Crippen molar-refractivity contribution < 1.29 is 9.84 Å². The Morgan fingerprint density at radius 3 is 2.38 bits per heavy atom. The van der Waals surface area contributed by atoms with Gasteiger partial charge in [0.25, 0.3) is 0 Å². The molecule has 1 rings (SSSR count). The Labute approximate surface area is 80.7 Å². The summed E-state index contributed by atoms with van der Waals surface area (Å²) in [4.78, 5) is 2.38. The normalized spacial score (nSPS) is 22.2. The van der Waals surface area contributed by atoms with Crippen LogP contribution in [0.15, 0.2) is 0 Å². The fourth-order valence-electron chi connectivity index (χ4n) is 1.59. The standard InChI is InChI=1S/C10H21NO2/c1-9(2)10(8-12)7-11-3-5-13-6-4-11/h9-10,12H,3-8H2,1-2H3. The van der Waals surface area contributed by atoms with Gasteiger partial charge in [-0.05, 0) is 11.8 Å². The molecule has 0 bridgehead atoms. The quantitative estimate of drug-likeness (QED) is 0.699. The van der Waals surface area contributed by atoms with Crippen LogP contribution in [0.25, 0.3) is 0 Å². The first kappa shape index (κ1) is 11.0. The SMILES string of the molecule is CC(C)C(CO)CN1CCOCC1. The maximum Gasteiger partial charge on any atom is 0.0594 e. The molecular weight excluding hydrogens is 166 g/mol. The molecule has 0 aromatic heterocycles. The summed E-state index contributed by atoms with van der Waals surface area (Å²) in [5, 5.41) is 9.17. The van der Waals surface area contributed by atoms with Gasteiger partial charge < -0.3 is 9.84 Å². The van der Waals surface area contributed by atoms with E-state index in [0.29, 0.717) is 18.4 Å². The van der Waals surface area contributed by atoms with Crippen LogP contribution in [-0.4, -0.2) is 49.5 Å². The third-order valence-electron chi connectivity index (χ3n) is 2.77. The van der Waals surface area contributed by atoms with E-state index in [1.165, 1.54) is 0 Å². The number of hydrogen-bond donors (Lipinski definition) is 1. The molecule has 1 N–H and O–H groups in total. The van der Waals surface area contributed by atoms with Crippen LogP contribution in [0.2, 0.25) is 0 Å². The molecule has 0 spiro atoms. The Kier molecular flexibility index (Phi) is 4.70. The summed E-state index contributed by atoms with van der Waals surface area (Å²) < 4.78 is 5.27. The zero-order valence-corrected chi connectivity index (χ0v) is 8.70. The number of ether oxygens (including phenoxy) is 1. The van der Waals surface area contributed by atoms with Gasteiger partial charge in [-0.2, -0.15) is 0 Å². The number of aliphatic hydroxyl groups is 1. The fourth-order valence-corrected chi connectivity index (χ4v) is 1.59. The van der Waals surface area contributed by atoms with E-state index >= 15 is 0 Å². The second-order valence-electron chi connectivity index (χ2n) is 4.10. The molecule has 78 valence electrons. The lowest BCUT2D eigenvalue weighted by Crippen LogP contribution is -2.41. The molecule has 0 saturated carbocycles. The van der Waals surface area contributed by atoms with Gasteiger partial charge in [0.05, 0.1) is 13.2 Å². The average molecular weight is 187 g/mol. The van der Waals surface area contributed by atoms with Crippen molar-refractivity contribution in [2.24, 2.45) is 11.8 Å². The third-order valence-corrected chi connectivity index (χ3v) is 2.77. The highest BCUT2D eigenvalue weighted by molar-refractivity contribution is 4.70. The Hall–Kier alpha value is -0.120. The predicted octanol–water partition coefficient (Wildman–Crippen LogP) is 0.583. The fraction of sp³-hybridized carbons (Fsp3) is 1.00. The number of morpholine rings is 1. The molecule has 0 amide bonds. The largest absolute Gasteiger partial charge is 0.396 e. The van der Waals surface area contributed by atoms with Gasteiger partial charge >= 0.3 is 0 Å². The Morgan fingerprint density at radius 2 is 1.92 bits per heavy atom. The van der Waals surface area contributed by atoms with Gasteiger partial charge in [0, 0.05) is 26.2 Å². The zero-order chi connectivity index (χ0) is 9.68. The lowest BCUT2D eigenvalue weighted by atomic mass is 9.96. The molecular formula is C10H21NO2. The zero-order valence-electron chi connectivity index (χ0n) is 8.70. The van der Waals surface area contributed by atoms with Crippen LogP contribution in [-0.2, 0) is 4.74 Å². The van der Waals surface area contributed by atoms with E-state index in [4.69, 9.17) is 9.84 Å². The average Bonchev–Trinajstić information content (AvgIpc) is 2.15. The molecule has 1 aliphatic rings. The van der Waals surface area contributed by atoms with Crippen LogP contribution in [0, 0.1) is 11.8 Å². The third kappa shape index (κ3) is 3.63. The summed E-state index contributed by atoms with van der Waals surface area (Å²) in [5.74, 6) is 0.978. The minimum atomic E-state index is 0.301. The van der Waals surface area contributed by atoms with E-state index in [1.54, 1.807) is 0 Å². The number of aliphatic hydroxyl groups excluding tert-OH is 1. The van der Waals surface area contributed by atoms with Gasteiger partial charge in [-0.1, -0.05) is 13.8 Å². The van der Waals surface area contributed by atoms with Gasteiger partial charge in [0.1, 0.15) is 0 Å². The van der Waals surface area contributed by atoms with Crippen LogP contribution in [0.1, 0.15) is 13.8 Å². The lowest BCUT2D eigenvalue weighted by molar-refractivity contribution is 0.0203. The monoisotopic (exact) mass is 187 g/mol. The molecule has 0 radical (unpaired) electrons. The maximum atomic E-state index is 9.17. The van der Waals surface area contributed by atoms with E-state index in [2.05, 4.69) is 18.7 Å². The van der Waals surface area contributed by atoms with Crippen molar-refractivity contribution in [1.82, 2.24) is 4.90 Å². The van der Waals surface area contributed by atoms with Crippen molar-refractivity contribution in [2.75, 3.05) is 39.5 Å². The van der Waals surface area contributed by atoms with Gasteiger partial charge in [-0.15, -0.1) is 0 Å². The van der Waals surface area contributed by atoms with Crippen molar-refractivity contribution in [3.05, 3.63) is 0 Å². The predicted molar refractivity (Wildman–Crippen MR) is 52.7 cm³/mol. The first-order chi connectivity index (χ1) is 6.24. The summed E-state index contributed by atoms with van der Waals surface area (Å²) in [5.41, 5.74) is 0. The van der Waals surface area contributed by atoms with Gasteiger partial charge in [0.2, 0.25) is 0 Å². The highest BCUT2D eigenvalue weighted by Gasteiger charge is 2.18. The van der Waals surface area contributed by atoms with E-state index in [9.17, 15) is 0 Å². The van der Waals surface area contributed by atoms with Crippen molar-refractivity contribution in [1.29, 1.82) is 0 Å². The Bertz CT molecular complexity index is 133. The number of rotatable bonds is 4. The second-order valence-corrected chi connectivity index (χ2v) is 4.10. The van der Waals surface area contributed by atoms with Crippen molar-refractivity contribution in [2.45, 2.75) is 13.8 Å². The topological polar surface area (TPSA) is 32.7 Å². The molecule has 1 fully saturated rings. The molecule has 1 unspecified atom stereocenters. The second kappa shape index (κ2) is 5.58. The number of hydrogen-bond acceptors (Lipinski definition) is 3. The van der Waals surface area contributed by atoms with Crippen LogP contribution in [0.4, 0.5) is 0 Å². The molecule has 1 heterocycles. The van der Waals surface area contributed by atoms with E-state index < -0.39 is 0 Å². The molecule has 1 aliphatic heterocycles. The minimum absolute atomic E-state index is 0.301. The molecule has 1 atom stereocenters. The first-order valence-electron chi connectivity index (χ1n) is 5.15. The van der Waals surface area contributed by atoms with Gasteiger partial charge in [-0.3, -0.25) is 4.90 Å². The van der Waals surface area contributed by atoms with Crippen LogP contribution >= 0.6 is 0 Å². The summed E-state index contributed by atoms with van der Waals surface area (Å²) in [6.07, 6.45) is 0. The molecule has 0 aromatic rings. The van der Waals surface area contributed by atoms with E-state index in [0.717, 1.165) is 32.8 Å². The molecule has 1 saturated heterocycles. The lowest BCUT2D eigenvalue weighted by Gasteiger charge is -2.31. The van der Waals surface area contributed by atoms with E-state index in [-0.39, 0.29) is 0 Å². The van der Waals surface area contributed by atoms with Gasteiger partial charge in [0.15, 0.2) is 0 Å². The summed E-state index contributed by atoms with van der Waals surface area (Å²) in [6, 6.07) is 0. The summed E-state index contributed by atoms with van der Waals surface area (Å²) >= 11 is 0. The maximum absolute atomic E-state index is 9.17. The van der Waals surface area contributed by atoms with Gasteiger partial charge in [-0.25, -0.2) is 0 Å². The molecule has 13 heavy (non-hydrogen) atoms. The van der Waals surface area contributed by atoms with Crippen molar-refractivity contribution >= 4 is 0 Å². The number of nitrogens with zero attached hydrogens (tertiary/aromatic N) is 1. The van der Waals surface area contributed by atoms with Crippen molar-refractivity contribution in [3.63, 3.8) is 0 Å². The summed E-state index contributed by atoms with van der Waals surface area (Å²) in [6.45, 7) is 9.37. The highest BCUT2D eigenvalue weighted by atomic mass is 16.5. The highest BCUT2D eigenvalue weighted by Crippen LogP contribution is 2.12. The Morgan fingerprint density at radius 1 is 1.31 bits per heavy atom. The smallest absolute Gasteiger partial charge is 0.0594 e. The van der Waals surface area contributed by atoms with E-state index in [1.807, 2.05) is 0 Å². The molecule has 3 heteroatoms. The minimum Gasteiger partial charge on any atom is -0.396 e. The van der Waals surface area contributed by atoms with Crippen molar-refractivity contribution in [3.8, 4) is 0 Å². The van der Waals surface area contributed by atoms with Crippen LogP contribution in [0.5, 0.6) is 0 Å². The van der Waals surface area contributed by atoms with Crippen LogP contribution in [0.3, 0.4) is 0 Å². The Balaban J connectivity index is 2.27. The van der Waals surface area contributed by atoms with Crippen LogP contribution < -0.4 is 0 Å². The first-order valence-corrected chi connectivity index (χ1v) is 5.15. The molecule has 0 aliphatic carbocycles.